The van der Waals surface area contributed by atoms with Gasteiger partial charge < -0.3 is 14.6 Å². The molecule has 23 heavy (non-hydrogen) atoms. The summed E-state index contributed by atoms with van der Waals surface area (Å²) < 4.78 is 93.2. The van der Waals surface area contributed by atoms with E-state index < -0.39 is 56.6 Å². The molecule has 0 spiro atoms. The van der Waals surface area contributed by atoms with Gasteiger partial charge in [-0.25, -0.2) is 0 Å². The summed E-state index contributed by atoms with van der Waals surface area (Å²) in [6.45, 7) is -5.17. The Morgan fingerprint density at radius 1 is 1.48 bits per heavy atom. The van der Waals surface area contributed by atoms with E-state index in [-0.39, 0.29) is 17.7 Å². The first-order valence-corrected chi connectivity index (χ1v) is 7.57. The predicted molar refractivity (Wildman–Crippen MR) is 91.1 cm³/mol. The first-order chi connectivity index (χ1) is 14.9. The minimum Gasteiger partial charge on any atom is -0.493 e. The number of aryl methyl sites for hydroxylation is 1. The fourth-order valence-electron chi connectivity index (χ4n) is 3.23. The molecule has 0 aliphatic carbocycles. The number of methoxy groups -OCH3 is 2. The second-order valence-corrected chi connectivity index (χ2v) is 5.88. The summed E-state index contributed by atoms with van der Waals surface area (Å²) in [4.78, 5) is 1.13. The van der Waals surface area contributed by atoms with Gasteiger partial charge in [-0.15, -0.1) is 0 Å². The third-order valence-electron chi connectivity index (χ3n) is 4.35. The van der Waals surface area contributed by atoms with Crippen molar-refractivity contribution in [2.75, 3.05) is 27.3 Å². The molecule has 4 unspecified atom stereocenters. The molecule has 4 nitrogen and oxygen atoms in total. The van der Waals surface area contributed by atoms with Crippen LogP contribution in [0.4, 0.5) is 0 Å². The lowest BCUT2D eigenvalue weighted by Crippen LogP contribution is -2.48. The minimum atomic E-state index is -3.00. The molecule has 0 amide bonds. The summed E-state index contributed by atoms with van der Waals surface area (Å²) in [7, 11) is 2.78. The van der Waals surface area contributed by atoms with Crippen molar-refractivity contribution < 1.29 is 28.3 Å². The van der Waals surface area contributed by atoms with Crippen LogP contribution in [0.25, 0.3) is 0 Å². The first kappa shape index (κ1) is 8.21. The standard InChI is InChI=1S/C19H29NO3/c1-12(2)7-14-11-20-6-5-13-8-18(22-3)19(23-4)9-15(13)16(20)10-17(14)21/h8-9,12,14,16-17,21H,5-7,10-11H2,1-4H3/i1D3,5D2,6D2,7D2,12D. The summed E-state index contributed by atoms with van der Waals surface area (Å²) in [6.07, 6.45) is -6.86. The van der Waals surface area contributed by atoms with Gasteiger partial charge in [0.15, 0.2) is 11.5 Å². The maximum atomic E-state index is 10.9. The monoisotopic (exact) mass is 329 g/mol. The molecule has 0 aromatic heterocycles. The van der Waals surface area contributed by atoms with E-state index in [1.807, 2.05) is 0 Å². The molecular formula is C19H29NO3. The average molecular weight is 330 g/mol. The Bertz CT molecular complexity index is 918. The van der Waals surface area contributed by atoms with Crippen LogP contribution in [0.1, 0.15) is 57.4 Å². The predicted octanol–water partition coefficient (Wildman–Crippen LogP) is 3.03. The van der Waals surface area contributed by atoms with E-state index in [0.717, 1.165) is 11.8 Å². The number of aliphatic hydroxyl groups is 1. The quantitative estimate of drug-likeness (QED) is 0.922. The number of rotatable bonds is 4. The zero-order chi connectivity index (χ0) is 25.4. The van der Waals surface area contributed by atoms with Crippen molar-refractivity contribution in [3.8, 4) is 11.5 Å². The maximum absolute atomic E-state index is 10.9. The highest BCUT2D eigenvalue weighted by Gasteiger charge is 2.38. The molecule has 1 aromatic rings. The number of hydrogen-bond donors (Lipinski definition) is 1. The molecule has 1 N–H and O–H groups in total. The molecule has 3 rings (SSSR count). The van der Waals surface area contributed by atoms with Gasteiger partial charge in [-0.2, -0.15) is 0 Å². The molecule has 4 heteroatoms. The Labute approximate surface area is 153 Å². The number of piperidine rings is 1. The van der Waals surface area contributed by atoms with Crippen molar-refractivity contribution in [1.82, 2.24) is 4.90 Å². The van der Waals surface area contributed by atoms with Crippen LogP contribution in [-0.4, -0.2) is 43.4 Å². The number of benzene rings is 1. The van der Waals surface area contributed by atoms with Gasteiger partial charge in [0.05, 0.1) is 20.3 Å². The van der Waals surface area contributed by atoms with E-state index in [1.54, 1.807) is 0 Å². The van der Waals surface area contributed by atoms with Crippen LogP contribution in [0.3, 0.4) is 0 Å². The normalized spacial score (nSPS) is 42.0. The average Bonchev–Trinajstić information content (AvgIpc) is 2.70. The summed E-state index contributed by atoms with van der Waals surface area (Å²) in [5.74, 6) is -3.52. The van der Waals surface area contributed by atoms with Gasteiger partial charge in [0.25, 0.3) is 0 Å². The molecule has 1 fully saturated rings. The number of ether oxygens (including phenoxy) is 2. The van der Waals surface area contributed by atoms with Gasteiger partial charge in [0, 0.05) is 32.8 Å². The molecule has 2 aliphatic heterocycles. The molecule has 128 valence electrons. The van der Waals surface area contributed by atoms with Crippen LogP contribution in [0.15, 0.2) is 12.1 Å². The van der Waals surface area contributed by atoms with Crippen molar-refractivity contribution >= 4 is 0 Å². The lowest BCUT2D eigenvalue weighted by molar-refractivity contribution is -0.0191. The molecule has 0 bridgehead atoms. The number of fused-ring (bicyclic) bond motifs is 3. The van der Waals surface area contributed by atoms with E-state index in [9.17, 15) is 5.11 Å². The van der Waals surface area contributed by atoms with Crippen molar-refractivity contribution in [2.45, 2.75) is 45.1 Å². The van der Waals surface area contributed by atoms with Crippen molar-refractivity contribution in [3.63, 3.8) is 0 Å². The van der Waals surface area contributed by atoms with Gasteiger partial charge >= 0.3 is 0 Å². The molecular weight excluding hydrogens is 290 g/mol. The summed E-state index contributed by atoms with van der Waals surface area (Å²) in [5.41, 5.74) is 0.406. The third kappa shape index (κ3) is 3.20. The summed E-state index contributed by atoms with van der Waals surface area (Å²) >= 11 is 0. The fraction of sp³-hybridized carbons (Fsp3) is 0.684. The Balaban J connectivity index is 2.14. The van der Waals surface area contributed by atoms with Crippen LogP contribution in [0.2, 0.25) is 0 Å². The van der Waals surface area contributed by atoms with Gasteiger partial charge in [-0.1, -0.05) is 13.8 Å². The Hall–Kier alpha value is -1.26. The van der Waals surface area contributed by atoms with Gasteiger partial charge in [-0.3, -0.25) is 4.90 Å². The van der Waals surface area contributed by atoms with E-state index in [4.69, 9.17) is 23.2 Å². The van der Waals surface area contributed by atoms with Crippen LogP contribution in [0.5, 0.6) is 11.5 Å². The molecule has 4 atom stereocenters. The molecule has 1 aromatic carbocycles. The molecule has 0 radical (unpaired) electrons. The third-order valence-corrected chi connectivity index (χ3v) is 4.35. The largest absolute Gasteiger partial charge is 0.493 e. The highest BCUT2D eigenvalue weighted by molar-refractivity contribution is 5.49. The van der Waals surface area contributed by atoms with Crippen LogP contribution >= 0.6 is 0 Å². The maximum Gasteiger partial charge on any atom is 0.161 e. The summed E-state index contributed by atoms with van der Waals surface area (Å²) in [5, 5.41) is 10.9. The van der Waals surface area contributed by atoms with Gasteiger partial charge in [0.1, 0.15) is 0 Å². The van der Waals surface area contributed by atoms with Crippen LogP contribution < -0.4 is 9.47 Å². The second-order valence-electron chi connectivity index (χ2n) is 5.88. The molecule has 0 saturated carbocycles. The number of hydrogen-bond acceptors (Lipinski definition) is 4. The highest BCUT2D eigenvalue weighted by Crippen LogP contribution is 2.43. The van der Waals surface area contributed by atoms with Crippen molar-refractivity contribution in [2.24, 2.45) is 11.8 Å². The summed E-state index contributed by atoms with van der Waals surface area (Å²) in [6, 6.07) is 2.07. The fourth-order valence-corrected chi connectivity index (χ4v) is 3.23. The minimum absolute atomic E-state index is 0.0351. The highest BCUT2D eigenvalue weighted by atomic mass is 16.5. The number of nitrogens with zero attached hydrogens (tertiary/aromatic N) is 1. The second kappa shape index (κ2) is 6.70. The zero-order valence-electron chi connectivity index (χ0n) is 23.5. The molecule has 1 saturated heterocycles. The number of aliphatic hydroxyl groups excluding tert-OH is 1. The Morgan fingerprint density at radius 2 is 2.22 bits per heavy atom. The Morgan fingerprint density at radius 3 is 2.91 bits per heavy atom. The lowest BCUT2D eigenvalue weighted by Gasteiger charge is -2.46. The van der Waals surface area contributed by atoms with E-state index in [0.29, 0.717) is 11.3 Å². The lowest BCUT2D eigenvalue weighted by atomic mass is 9.79. The smallest absolute Gasteiger partial charge is 0.161 e. The van der Waals surface area contributed by atoms with Crippen LogP contribution in [0, 0.1) is 11.8 Å². The van der Waals surface area contributed by atoms with Crippen molar-refractivity contribution in [1.29, 1.82) is 0 Å². The van der Waals surface area contributed by atoms with E-state index >= 15 is 0 Å². The molecule has 2 heterocycles. The van der Waals surface area contributed by atoms with Crippen LogP contribution in [-0.2, 0) is 6.37 Å². The van der Waals surface area contributed by atoms with Crippen molar-refractivity contribution in [3.05, 3.63) is 23.3 Å². The molecule has 2 aliphatic rings. The topological polar surface area (TPSA) is 41.9 Å². The van der Waals surface area contributed by atoms with Gasteiger partial charge in [-0.05, 0) is 54.2 Å². The van der Waals surface area contributed by atoms with E-state index in [2.05, 4.69) is 0 Å². The Kier molecular flexibility index (Phi) is 2.39. The SMILES string of the molecule is [2H]C([2H])([2H])C([2H])(C)C([2H])([2H])C1CN2C(CC1O)c1cc(OC)c(OC)cc1C([2H])([2H])C2([2H])[2H]. The first-order valence-electron chi connectivity index (χ1n) is 12.6. The zero-order valence-corrected chi connectivity index (χ0v) is 13.5. The van der Waals surface area contributed by atoms with Gasteiger partial charge in [0.2, 0.25) is 0 Å². The van der Waals surface area contributed by atoms with E-state index in [1.165, 1.54) is 26.4 Å².